The second-order valence-corrected chi connectivity index (χ2v) is 5.47. The van der Waals surface area contributed by atoms with Crippen LogP contribution < -0.4 is 5.56 Å². The monoisotopic (exact) mass is 339 g/mol. The molecule has 0 saturated carbocycles. The molecule has 0 saturated heterocycles. The molecule has 0 radical (unpaired) electrons. The minimum Gasteiger partial charge on any atom is -0.459 e. The van der Waals surface area contributed by atoms with Crippen LogP contribution in [0, 0.1) is 13.8 Å². The molecule has 0 spiro atoms. The van der Waals surface area contributed by atoms with E-state index in [1.807, 2.05) is 32.0 Å². The number of nitrogens with zero attached hydrogens (tertiary/aromatic N) is 1. The number of hydrogen-bond donors (Lipinski definition) is 0. The molecule has 7 heteroatoms. The lowest BCUT2D eigenvalue weighted by molar-refractivity contribution is -0.146. The van der Waals surface area contributed by atoms with E-state index in [4.69, 9.17) is 4.74 Å². The zero-order chi connectivity index (χ0) is 17.9. The van der Waals surface area contributed by atoms with E-state index < -0.39 is 29.8 Å². The van der Waals surface area contributed by atoms with Gasteiger partial charge in [-0.05, 0) is 31.0 Å². The van der Waals surface area contributed by atoms with Gasteiger partial charge in [-0.2, -0.15) is 13.2 Å². The van der Waals surface area contributed by atoms with Crippen LogP contribution in [0.3, 0.4) is 0 Å². The van der Waals surface area contributed by atoms with Gasteiger partial charge in [0.25, 0.3) is 5.56 Å². The van der Waals surface area contributed by atoms with Gasteiger partial charge in [0.1, 0.15) is 13.2 Å². The Morgan fingerprint density at radius 1 is 1.17 bits per heavy atom. The Hall–Kier alpha value is -2.57. The van der Waals surface area contributed by atoms with E-state index >= 15 is 0 Å². The van der Waals surface area contributed by atoms with Crippen LogP contribution in [-0.4, -0.2) is 10.5 Å². The quantitative estimate of drug-likeness (QED) is 0.804. The lowest BCUT2D eigenvalue weighted by Crippen LogP contribution is -2.26. The molecule has 1 aromatic carbocycles. The second-order valence-electron chi connectivity index (χ2n) is 5.47. The van der Waals surface area contributed by atoms with E-state index in [2.05, 4.69) is 0 Å². The molecule has 4 nitrogen and oxygen atoms in total. The largest absolute Gasteiger partial charge is 0.459 e. The Bertz CT molecular complexity index is 809. The number of esters is 1. The van der Waals surface area contributed by atoms with Gasteiger partial charge in [-0.15, -0.1) is 0 Å². The van der Waals surface area contributed by atoms with Crippen molar-refractivity contribution in [3.8, 4) is 0 Å². The van der Waals surface area contributed by atoms with Gasteiger partial charge >= 0.3 is 12.1 Å². The van der Waals surface area contributed by atoms with E-state index in [-0.39, 0.29) is 6.61 Å². The highest BCUT2D eigenvalue weighted by molar-refractivity contribution is 5.69. The average Bonchev–Trinajstić information content (AvgIpc) is 2.49. The fourth-order valence-electron chi connectivity index (χ4n) is 2.12. The molecule has 0 N–H and O–H groups in total. The van der Waals surface area contributed by atoms with E-state index in [0.717, 1.165) is 22.8 Å². The highest BCUT2D eigenvalue weighted by Crippen LogP contribution is 2.28. The number of pyridine rings is 1. The van der Waals surface area contributed by atoms with Crippen LogP contribution in [0.1, 0.15) is 22.3 Å². The smallest absolute Gasteiger partial charge is 0.417 e. The van der Waals surface area contributed by atoms with E-state index in [9.17, 15) is 22.8 Å². The summed E-state index contributed by atoms with van der Waals surface area (Å²) < 4.78 is 43.7. The third-order valence-electron chi connectivity index (χ3n) is 3.50. The van der Waals surface area contributed by atoms with E-state index in [0.29, 0.717) is 16.8 Å². The van der Waals surface area contributed by atoms with Gasteiger partial charge in [-0.1, -0.05) is 23.8 Å². The maximum absolute atomic E-state index is 12.7. The first-order valence-electron chi connectivity index (χ1n) is 7.16. The molecule has 0 amide bonds. The number of ether oxygens (including phenoxy) is 1. The van der Waals surface area contributed by atoms with Crippen molar-refractivity contribution in [1.82, 2.24) is 4.57 Å². The third-order valence-corrected chi connectivity index (χ3v) is 3.50. The molecule has 1 heterocycles. The number of aromatic nitrogens is 1. The van der Waals surface area contributed by atoms with Gasteiger partial charge in [0.2, 0.25) is 0 Å². The highest BCUT2D eigenvalue weighted by Gasteiger charge is 2.31. The molecular weight excluding hydrogens is 323 g/mol. The van der Waals surface area contributed by atoms with Crippen molar-refractivity contribution in [2.24, 2.45) is 0 Å². The summed E-state index contributed by atoms with van der Waals surface area (Å²) in [6.45, 7) is 3.18. The molecule has 0 bridgehead atoms. The van der Waals surface area contributed by atoms with Crippen LogP contribution >= 0.6 is 0 Å². The standard InChI is InChI=1S/C17H16F3NO3/c1-11-3-4-12(2)13(7-11)10-24-16(23)9-21-8-14(17(18,19)20)5-6-15(21)22/h3-8H,9-10H2,1-2H3. The first kappa shape index (κ1) is 17.8. The lowest BCUT2D eigenvalue weighted by atomic mass is 10.1. The molecule has 24 heavy (non-hydrogen) atoms. The Morgan fingerprint density at radius 3 is 2.54 bits per heavy atom. The molecule has 0 fully saturated rings. The number of aryl methyl sites for hydroxylation is 2. The summed E-state index contributed by atoms with van der Waals surface area (Å²) in [6.07, 6.45) is -3.97. The highest BCUT2D eigenvalue weighted by atomic mass is 19.4. The molecule has 0 aliphatic rings. The third kappa shape index (κ3) is 4.47. The van der Waals surface area contributed by atoms with Crippen LogP contribution in [0.2, 0.25) is 0 Å². The number of benzene rings is 1. The maximum Gasteiger partial charge on any atom is 0.417 e. The Balaban J connectivity index is 2.07. The van der Waals surface area contributed by atoms with Crippen LogP contribution in [0.15, 0.2) is 41.3 Å². The maximum atomic E-state index is 12.7. The normalized spacial score (nSPS) is 11.4. The number of hydrogen-bond acceptors (Lipinski definition) is 3. The van der Waals surface area contributed by atoms with Crippen molar-refractivity contribution in [2.75, 3.05) is 0 Å². The second kappa shape index (κ2) is 6.90. The van der Waals surface area contributed by atoms with Crippen LogP contribution in [-0.2, 0) is 28.9 Å². The van der Waals surface area contributed by atoms with E-state index in [1.54, 1.807) is 0 Å². The topological polar surface area (TPSA) is 48.3 Å². The van der Waals surface area contributed by atoms with Crippen LogP contribution in [0.5, 0.6) is 0 Å². The molecule has 2 rings (SSSR count). The minimum atomic E-state index is -4.59. The van der Waals surface area contributed by atoms with E-state index in [1.165, 1.54) is 0 Å². The molecule has 128 valence electrons. The number of rotatable bonds is 4. The molecular formula is C17H16F3NO3. The molecule has 0 aliphatic heterocycles. The fraction of sp³-hybridized carbons (Fsp3) is 0.294. The predicted octanol–water partition coefficient (Wildman–Crippen LogP) is 3.23. The van der Waals surface area contributed by atoms with Gasteiger partial charge in [0.05, 0.1) is 5.56 Å². The number of halogens is 3. The Kier molecular flexibility index (Phi) is 5.11. The first-order chi connectivity index (χ1) is 11.2. The van der Waals surface area contributed by atoms with Gasteiger partial charge < -0.3 is 9.30 Å². The lowest BCUT2D eigenvalue weighted by Gasteiger charge is -2.11. The van der Waals surface area contributed by atoms with Gasteiger partial charge in [0, 0.05) is 12.3 Å². The van der Waals surface area contributed by atoms with Crippen molar-refractivity contribution >= 4 is 5.97 Å². The number of alkyl halides is 3. The zero-order valence-corrected chi connectivity index (χ0v) is 13.2. The van der Waals surface area contributed by atoms with Crippen molar-refractivity contribution in [2.45, 2.75) is 33.2 Å². The Morgan fingerprint density at radius 2 is 1.88 bits per heavy atom. The van der Waals surface area contributed by atoms with Gasteiger partial charge in [-0.3, -0.25) is 9.59 Å². The summed E-state index contributed by atoms with van der Waals surface area (Å²) in [4.78, 5) is 23.4. The fourth-order valence-corrected chi connectivity index (χ4v) is 2.12. The summed E-state index contributed by atoms with van der Waals surface area (Å²) in [6, 6.07) is 7.12. The SMILES string of the molecule is Cc1ccc(C)c(COC(=O)Cn2cc(C(F)(F)F)ccc2=O)c1. The van der Waals surface area contributed by atoms with Gasteiger partial charge in [-0.25, -0.2) is 0 Å². The van der Waals surface area contributed by atoms with Crippen LogP contribution in [0.25, 0.3) is 0 Å². The van der Waals surface area contributed by atoms with Crippen molar-refractivity contribution in [1.29, 1.82) is 0 Å². The summed E-state index contributed by atoms with van der Waals surface area (Å²) in [5.41, 5.74) is 1.04. The van der Waals surface area contributed by atoms with Crippen LogP contribution in [0.4, 0.5) is 13.2 Å². The molecule has 2 aromatic rings. The van der Waals surface area contributed by atoms with Crippen molar-refractivity contribution in [3.05, 3.63) is 69.1 Å². The average molecular weight is 339 g/mol. The summed E-state index contributed by atoms with van der Waals surface area (Å²) in [5.74, 6) is -0.780. The number of carbonyl (C=O) groups is 1. The zero-order valence-electron chi connectivity index (χ0n) is 13.2. The van der Waals surface area contributed by atoms with Gasteiger partial charge in [0.15, 0.2) is 0 Å². The predicted molar refractivity (Wildman–Crippen MR) is 81.4 cm³/mol. The molecule has 0 atom stereocenters. The summed E-state index contributed by atoms with van der Waals surface area (Å²) >= 11 is 0. The molecule has 0 unspecified atom stereocenters. The molecule has 0 aliphatic carbocycles. The Labute approximate surface area is 136 Å². The number of carbonyl (C=O) groups excluding carboxylic acids is 1. The van der Waals surface area contributed by atoms with Crippen molar-refractivity contribution in [3.63, 3.8) is 0 Å². The molecule has 1 aromatic heterocycles. The first-order valence-corrected chi connectivity index (χ1v) is 7.16. The summed E-state index contributed by atoms with van der Waals surface area (Å²) in [7, 11) is 0. The summed E-state index contributed by atoms with van der Waals surface area (Å²) in [5, 5.41) is 0. The van der Waals surface area contributed by atoms with Crippen molar-refractivity contribution < 1.29 is 22.7 Å². The minimum absolute atomic E-state index is 0.0000582.